The Morgan fingerprint density at radius 2 is 1.89 bits per heavy atom. The minimum Gasteiger partial charge on any atom is -0.491 e. The number of primary amides is 1. The molecule has 3 aliphatic carbocycles. The van der Waals surface area contributed by atoms with Gasteiger partial charge in [-0.1, -0.05) is 11.6 Å². The molecule has 1 aromatic carbocycles. The molecule has 7 rings (SSSR count). The highest BCUT2D eigenvalue weighted by Gasteiger charge is 2.47. The number of pyridine rings is 2. The summed E-state index contributed by atoms with van der Waals surface area (Å²) < 4.78 is 42.3. The first-order chi connectivity index (χ1) is 22.5. The number of carbonyl (C=O) groups is 2. The standard InChI is InChI=1S/C34H34ClF2N5O5/c1-2-46-32-18(13-27(38)43)12-26(40-31(32)23-9-10-24(36)30(37)29(23)35)34(45,20-5-6-20)16-39-33(44)19-11-21-15-25(17-3-4-17)41-42(21)28(14-19)47-22-7-8-22/h9-12,14-15,17,20,22,45H,2-8,13,16H2,1H3,(H2,38,43)(H,39,44)/t34-/m1/s1. The summed E-state index contributed by atoms with van der Waals surface area (Å²) in [5.41, 5.74) is 6.33. The molecule has 0 spiro atoms. The van der Waals surface area contributed by atoms with E-state index in [0.717, 1.165) is 43.0 Å². The molecule has 4 aromatic rings. The molecule has 3 heterocycles. The lowest BCUT2D eigenvalue weighted by atomic mass is 9.90. The number of rotatable bonds is 13. The molecule has 3 saturated carbocycles. The molecule has 0 saturated heterocycles. The molecule has 3 aliphatic rings. The van der Waals surface area contributed by atoms with E-state index in [1.54, 1.807) is 23.6 Å². The molecule has 246 valence electrons. The zero-order valence-corrected chi connectivity index (χ0v) is 26.4. The molecule has 3 fully saturated rings. The summed E-state index contributed by atoms with van der Waals surface area (Å²) in [5, 5.41) is 19.3. The molecular formula is C34H34ClF2N5O5. The Balaban J connectivity index is 1.25. The second kappa shape index (κ2) is 12.1. The zero-order valence-electron chi connectivity index (χ0n) is 25.7. The van der Waals surface area contributed by atoms with Crippen molar-refractivity contribution in [2.45, 2.75) is 69.5 Å². The third kappa shape index (κ3) is 6.23. The van der Waals surface area contributed by atoms with Gasteiger partial charge >= 0.3 is 0 Å². The van der Waals surface area contributed by atoms with Crippen molar-refractivity contribution >= 4 is 28.9 Å². The van der Waals surface area contributed by atoms with Gasteiger partial charge < -0.3 is 25.6 Å². The number of nitrogens with one attached hydrogen (secondary N) is 1. The number of hydrogen-bond donors (Lipinski definition) is 3. The molecule has 0 radical (unpaired) electrons. The Kier molecular flexibility index (Phi) is 8.04. The van der Waals surface area contributed by atoms with Crippen molar-refractivity contribution in [2.24, 2.45) is 11.7 Å². The van der Waals surface area contributed by atoms with Crippen molar-refractivity contribution in [3.05, 3.63) is 75.6 Å². The third-order valence-corrected chi connectivity index (χ3v) is 9.19. The zero-order chi connectivity index (χ0) is 33.0. The van der Waals surface area contributed by atoms with Crippen molar-refractivity contribution < 1.29 is 33.0 Å². The number of nitrogens with two attached hydrogens (primary N) is 1. The lowest BCUT2D eigenvalue weighted by Gasteiger charge is -2.30. The Morgan fingerprint density at radius 3 is 2.55 bits per heavy atom. The fraction of sp³-hybridized carbons (Fsp3) is 0.412. The SMILES string of the molecule is CCOc1c(CC(N)=O)cc([C@@](O)(CNC(=O)c2cc(OC3CC3)n3nc(C4CC4)cc3c2)C2CC2)nc1-c1ccc(F)c(F)c1Cl. The van der Waals surface area contributed by atoms with E-state index < -0.39 is 34.1 Å². The van der Waals surface area contributed by atoms with Gasteiger partial charge in [0.25, 0.3) is 5.91 Å². The van der Waals surface area contributed by atoms with Gasteiger partial charge in [-0.25, -0.2) is 18.3 Å². The lowest BCUT2D eigenvalue weighted by Crippen LogP contribution is -2.43. The van der Waals surface area contributed by atoms with Gasteiger partial charge in [-0.05, 0) is 81.7 Å². The Morgan fingerprint density at radius 1 is 1.13 bits per heavy atom. The average Bonchev–Trinajstić information content (AvgIpc) is 3.89. The Bertz CT molecular complexity index is 1910. The van der Waals surface area contributed by atoms with E-state index in [2.05, 4.69) is 10.3 Å². The van der Waals surface area contributed by atoms with Gasteiger partial charge in [0.1, 0.15) is 23.1 Å². The maximum absolute atomic E-state index is 14.6. The Labute approximate surface area is 274 Å². The topological polar surface area (TPSA) is 141 Å². The summed E-state index contributed by atoms with van der Waals surface area (Å²) in [4.78, 5) is 30.5. The molecule has 3 aromatic heterocycles. The highest BCUT2D eigenvalue weighted by Crippen LogP contribution is 2.47. The number of fused-ring (bicyclic) bond motifs is 1. The van der Waals surface area contributed by atoms with E-state index in [9.17, 15) is 23.5 Å². The number of nitrogens with zero attached hydrogens (tertiary/aromatic N) is 3. The van der Waals surface area contributed by atoms with Crippen LogP contribution >= 0.6 is 11.6 Å². The summed E-state index contributed by atoms with van der Waals surface area (Å²) in [6.07, 6.45) is 5.15. The fourth-order valence-corrected chi connectivity index (χ4v) is 6.13. The van der Waals surface area contributed by atoms with Gasteiger partial charge in [0.05, 0.1) is 41.5 Å². The average molecular weight is 666 g/mol. The molecule has 0 aliphatic heterocycles. The molecule has 4 N–H and O–H groups in total. The molecule has 13 heteroatoms. The second-order valence-electron chi connectivity index (χ2n) is 12.6. The number of amides is 2. The van der Waals surface area contributed by atoms with Crippen LogP contribution in [0.3, 0.4) is 0 Å². The number of halogens is 3. The molecule has 47 heavy (non-hydrogen) atoms. The predicted octanol–water partition coefficient (Wildman–Crippen LogP) is 5.20. The van der Waals surface area contributed by atoms with Crippen LogP contribution in [0.15, 0.2) is 36.4 Å². The number of ether oxygens (including phenoxy) is 2. The van der Waals surface area contributed by atoms with E-state index in [4.69, 9.17) is 31.9 Å². The van der Waals surface area contributed by atoms with Gasteiger partial charge in [-0.2, -0.15) is 5.10 Å². The normalized spacial score (nSPS) is 17.4. The molecule has 1 atom stereocenters. The van der Waals surface area contributed by atoms with Gasteiger partial charge in [0, 0.05) is 28.7 Å². The second-order valence-corrected chi connectivity index (χ2v) is 13.0. The van der Waals surface area contributed by atoms with Gasteiger partial charge in [0.2, 0.25) is 11.8 Å². The molecule has 0 unspecified atom stereocenters. The summed E-state index contributed by atoms with van der Waals surface area (Å²) in [7, 11) is 0. The lowest BCUT2D eigenvalue weighted by molar-refractivity contribution is -0.117. The van der Waals surface area contributed by atoms with E-state index in [1.807, 2.05) is 6.07 Å². The number of aromatic nitrogens is 3. The monoisotopic (exact) mass is 665 g/mol. The van der Waals surface area contributed by atoms with Crippen LogP contribution in [0, 0.1) is 17.6 Å². The van der Waals surface area contributed by atoms with Crippen LogP contribution in [0.1, 0.15) is 78.7 Å². The third-order valence-electron chi connectivity index (χ3n) is 8.82. The highest BCUT2D eigenvalue weighted by molar-refractivity contribution is 6.33. The maximum atomic E-state index is 14.6. The molecule has 2 amide bonds. The first kappa shape index (κ1) is 31.3. The minimum atomic E-state index is -1.69. The summed E-state index contributed by atoms with van der Waals surface area (Å²) in [6, 6.07) is 9.05. The van der Waals surface area contributed by atoms with Crippen molar-refractivity contribution in [1.29, 1.82) is 0 Å². The number of benzene rings is 1. The smallest absolute Gasteiger partial charge is 0.251 e. The fourth-order valence-electron chi connectivity index (χ4n) is 5.89. The summed E-state index contributed by atoms with van der Waals surface area (Å²) >= 11 is 6.25. The van der Waals surface area contributed by atoms with Crippen LogP contribution < -0.4 is 20.5 Å². The minimum absolute atomic E-state index is 0.00615. The van der Waals surface area contributed by atoms with Crippen molar-refractivity contribution in [2.75, 3.05) is 13.2 Å². The van der Waals surface area contributed by atoms with Crippen LogP contribution in [0.5, 0.6) is 11.6 Å². The predicted molar refractivity (Wildman–Crippen MR) is 168 cm³/mol. The number of carbonyl (C=O) groups excluding carboxylic acids is 2. The van der Waals surface area contributed by atoms with E-state index >= 15 is 0 Å². The van der Waals surface area contributed by atoms with E-state index in [1.165, 1.54) is 12.1 Å². The first-order valence-electron chi connectivity index (χ1n) is 15.9. The quantitative estimate of drug-likeness (QED) is 0.167. The van der Waals surface area contributed by atoms with E-state index in [-0.39, 0.29) is 59.9 Å². The van der Waals surface area contributed by atoms with Crippen molar-refractivity contribution in [1.82, 2.24) is 19.9 Å². The van der Waals surface area contributed by atoms with Gasteiger partial charge in [-0.15, -0.1) is 0 Å². The van der Waals surface area contributed by atoms with Crippen LogP contribution in [0.2, 0.25) is 5.02 Å². The van der Waals surface area contributed by atoms with Crippen molar-refractivity contribution in [3.63, 3.8) is 0 Å². The number of aliphatic hydroxyl groups is 1. The molecular weight excluding hydrogens is 632 g/mol. The first-order valence-corrected chi connectivity index (χ1v) is 16.2. The molecule has 10 nitrogen and oxygen atoms in total. The van der Waals surface area contributed by atoms with Gasteiger partial charge in [-0.3, -0.25) is 9.59 Å². The summed E-state index contributed by atoms with van der Waals surface area (Å²) in [6.45, 7) is 1.64. The molecule has 0 bridgehead atoms. The Hall–Kier alpha value is -4.29. The maximum Gasteiger partial charge on any atom is 0.251 e. The van der Waals surface area contributed by atoms with Crippen LogP contribution in [0.25, 0.3) is 16.8 Å². The summed E-state index contributed by atoms with van der Waals surface area (Å²) in [5.74, 6) is -2.82. The van der Waals surface area contributed by atoms with Crippen LogP contribution in [-0.2, 0) is 16.8 Å². The highest BCUT2D eigenvalue weighted by atomic mass is 35.5. The van der Waals surface area contributed by atoms with Crippen molar-refractivity contribution in [3.8, 4) is 22.9 Å². The van der Waals surface area contributed by atoms with Crippen LogP contribution in [0.4, 0.5) is 8.78 Å². The largest absolute Gasteiger partial charge is 0.491 e. The number of hydrogen-bond acceptors (Lipinski definition) is 7. The van der Waals surface area contributed by atoms with E-state index in [0.29, 0.717) is 30.2 Å². The van der Waals surface area contributed by atoms with Crippen LogP contribution in [-0.4, -0.2) is 50.8 Å². The van der Waals surface area contributed by atoms with Gasteiger partial charge in [0.15, 0.2) is 11.6 Å².